The summed E-state index contributed by atoms with van der Waals surface area (Å²) in [5, 5.41) is 0. The normalized spacial score (nSPS) is 13.1. The smallest absolute Gasteiger partial charge is 0.178 e. The van der Waals surface area contributed by atoms with E-state index in [2.05, 4.69) is 20.8 Å². The van der Waals surface area contributed by atoms with E-state index in [0.717, 1.165) is 5.56 Å². The minimum Gasteiger partial charge on any atom is -0.224 e. The van der Waals surface area contributed by atoms with Crippen molar-refractivity contribution in [2.24, 2.45) is 5.92 Å². The van der Waals surface area contributed by atoms with Crippen molar-refractivity contribution >= 4 is 9.84 Å². The highest BCUT2D eigenvalue weighted by Gasteiger charge is 2.18. The first kappa shape index (κ1) is 14.2. The summed E-state index contributed by atoms with van der Waals surface area (Å²) in [6, 6.07) is 7.26. The van der Waals surface area contributed by atoms with E-state index < -0.39 is 9.84 Å². The average Bonchev–Trinajstić information content (AvgIpc) is 2.14. The minimum absolute atomic E-state index is 0.0559. The second-order valence-electron chi connectivity index (χ2n) is 5.95. The number of hydrogen-bond donors (Lipinski definition) is 0. The highest BCUT2D eigenvalue weighted by molar-refractivity contribution is 7.91. The molecular formula is C14H22O2S. The van der Waals surface area contributed by atoms with Crippen molar-refractivity contribution in [2.75, 3.05) is 5.75 Å². The summed E-state index contributed by atoms with van der Waals surface area (Å²) in [5.41, 5.74) is 1.21. The van der Waals surface area contributed by atoms with Crippen molar-refractivity contribution in [3.8, 4) is 0 Å². The highest BCUT2D eigenvalue weighted by atomic mass is 32.2. The lowest BCUT2D eigenvalue weighted by molar-refractivity contribution is 0.579. The maximum Gasteiger partial charge on any atom is 0.178 e. The maximum atomic E-state index is 12.0. The fraction of sp³-hybridized carbons (Fsp3) is 0.571. The topological polar surface area (TPSA) is 34.1 Å². The third-order valence-corrected chi connectivity index (χ3v) is 4.73. The van der Waals surface area contributed by atoms with Crippen LogP contribution in [0.4, 0.5) is 0 Å². The molecule has 17 heavy (non-hydrogen) atoms. The van der Waals surface area contributed by atoms with Crippen LogP contribution >= 0.6 is 0 Å². The van der Waals surface area contributed by atoms with Gasteiger partial charge in [0.05, 0.1) is 10.6 Å². The van der Waals surface area contributed by atoms with Crippen LogP contribution in [-0.2, 0) is 15.3 Å². The Kier molecular flexibility index (Phi) is 4.03. The van der Waals surface area contributed by atoms with Gasteiger partial charge in [-0.25, -0.2) is 8.42 Å². The minimum atomic E-state index is -3.12. The number of hydrogen-bond acceptors (Lipinski definition) is 2. The zero-order chi connectivity index (χ0) is 13.3. The standard InChI is InChI=1S/C14H22O2S/c1-11(2)10-17(15,16)13-8-6-12(7-9-13)14(3,4)5/h6-9,11H,10H2,1-5H3. The van der Waals surface area contributed by atoms with Crippen molar-refractivity contribution in [3.63, 3.8) is 0 Å². The van der Waals surface area contributed by atoms with Crippen LogP contribution in [0.25, 0.3) is 0 Å². The summed E-state index contributed by atoms with van der Waals surface area (Å²) in [6.45, 7) is 10.2. The van der Waals surface area contributed by atoms with Crippen molar-refractivity contribution in [2.45, 2.75) is 44.9 Å². The Morgan fingerprint density at radius 1 is 1.06 bits per heavy atom. The Morgan fingerprint density at radius 2 is 1.53 bits per heavy atom. The van der Waals surface area contributed by atoms with E-state index in [1.807, 2.05) is 26.0 Å². The quantitative estimate of drug-likeness (QED) is 0.828. The monoisotopic (exact) mass is 254 g/mol. The Bertz CT molecular complexity index is 462. The lowest BCUT2D eigenvalue weighted by atomic mass is 9.87. The van der Waals surface area contributed by atoms with Gasteiger partial charge in [-0.1, -0.05) is 46.8 Å². The second-order valence-corrected chi connectivity index (χ2v) is 7.98. The molecule has 0 saturated heterocycles. The van der Waals surface area contributed by atoms with E-state index in [1.165, 1.54) is 0 Å². The molecule has 2 nitrogen and oxygen atoms in total. The van der Waals surface area contributed by atoms with Gasteiger partial charge in [-0.05, 0) is 29.0 Å². The van der Waals surface area contributed by atoms with Crippen molar-refractivity contribution in [1.29, 1.82) is 0 Å². The third-order valence-electron chi connectivity index (χ3n) is 2.63. The summed E-state index contributed by atoms with van der Waals surface area (Å²) >= 11 is 0. The van der Waals surface area contributed by atoms with E-state index in [-0.39, 0.29) is 17.1 Å². The summed E-state index contributed by atoms with van der Waals surface area (Å²) < 4.78 is 24.0. The molecule has 0 spiro atoms. The van der Waals surface area contributed by atoms with Crippen LogP contribution < -0.4 is 0 Å². The van der Waals surface area contributed by atoms with Crippen LogP contribution in [-0.4, -0.2) is 14.2 Å². The molecule has 1 aromatic rings. The van der Waals surface area contributed by atoms with Gasteiger partial charge in [0.15, 0.2) is 9.84 Å². The Balaban J connectivity index is 3.03. The van der Waals surface area contributed by atoms with Crippen molar-refractivity contribution < 1.29 is 8.42 Å². The zero-order valence-corrected chi connectivity index (χ0v) is 12.1. The van der Waals surface area contributed by atoms with Crippen LogP contribution in [0.15, 0.2) is 29.2 Å². The van der Waals surface area contributed by atoms with Crippen molar-refractivity contribution in [1.82, 2.24) is 0 Å². The van der Waals surface area contributed by atoms with Gasteiger partial charge < -0.3 is 0 Å². The first-order chi connectivity index (χ1) is 7.63. The highest BCUT2D eigenvalue weighted by Crippen LogP contribution is 2.24. The van der Waals surface area contributed by atoms with Crippen molar-refractivity contribution in [3.05, 3.63) is 29.8 Å². The molecule has 0 amide bonds. The molecular weight excluding hydrogens is 232 g/mol. The molecule has 1 aromatic carbocycles. The Labute approximate surface area is 105 Å². The van der Waals surface area contributed by atoms with Gasteiger partial charge in [0.1, 0.15) is 0 Å². The number of benzene rings is 1. The van der Waals surface area contributed by atoms with E-state index in [0.29, 0.717) is 4.90 Å². The van der Waals surface area contributed by atoms with Crippen LogP contribution in [0.5, 0.6) is 0 Å². The molecule has 96 valence electrons. The van der Waals surface area contributed by atoms with Gasteiger partial charge in [0.2, 0.25) is 0 Å². The summed E-state index contributed by atoms with van der Waals surface area (Å²) in [4.78, 5) is 0.430. The lowest BCUT2D eigenvalue weighted by Crippen LogP contribution is -2.14. The fourth-order valence-electron chi connectivity index (χ4n) is 1.70. The summed E-state index contributed by atoms with van der Waals surface area (Å²) in [7, 11) is -3.12. The SMILES string of the molecule is CC(C)CS(=O)(=O)c1ccc(C(C)(C)C)cc1. The molecule has 0 aromatic heterocycles. The number of sulfone groups is 1. The van der Waals surface area contributed by atoms with Crippen LogP contribution in [0.1, 0.15) is 40.2 Å². The summed E-state index contributed by atoms with van der Waals surface area (Å²) in [5.74, 6) is 0.365. The van der Waals surface area contributed by atoms with E-state index >= 15 is 0 Å². The molecule has 0 N–H and O–H groups in total. The average molecular weight is 254 g/mol. The molecule has 0 fully saturated rings. The third kappa shape index (κ3) is 3.84. The molecule has 0 saturated carbocycles. The first-order valence-electron chi connectivity index (χ1n) is 5.96. The fourth-order valence-corrected chi connectivity index (χ4v) is 3.32. The number of rotatable bonds is 3. The molecule has 0 aliphatic carbocycles. The van der Waals surface area contributed by atoms with Gasteiger partial charge in [-0.3, -0.25) is 0 Å². The van der Waals surface area contributed by atoms with Gasteiger partial charge in [-0.2, -0.15) is 0 Å². The summed E-state index contributed by atoms with van der Waals surface area (Å²) in [6.07, 6.45) is 0. The largest absolute Gasteiger partial charge is 0.224 e. The molecule has 0 aliphatic rings. The van der Waals surface area contributed by atoms with Crippen LogP contribution in [0.3, 0.4) is 0 Å². The van der Waals surface area contributed by atoms with E-state index in [1.54, 1.807) is 12.1 Å². The van der Waals surface area contributed by atoms with Gasteiger partial charge in [-0.15, -0.1) is 0 Å². The maximum absolute atomic E-state index is 12.0. The van der Waals surface area contributed by atoms with E-state index in [9.17, 15) is 8.42 Å². The molecule has 0 heterocycles. The van der Waals surface area contributed by atoms with E-state index in [4.69, 9.17) is 0 Å². The predicted octanol–water partition coefficient (Wildman–Crippen LogP) is 3.41. The predicted molar refractivity (Wildman–Crippen MR) is 72.0 cm³/mol. The Morgan fingerprint density at radius 3 is 1.88 bits per heavy atom. The Hall–Kier alpha value is -0.830. The van der Waals surface area contributed by atoms with Gasteiger partial charge in [0.25, 0.3) is 0 Å². The lowest BCUT2D eigenvalue weighted by Gasteiger charge is -2.19. The van der Waals surface area contributed by atoms with Gasteiger partial charge in [0, 0.05) is 0 Å². The molecule has 0 bridgehead atoms. The zero-order valence-electron chi connectivity index (χ0n) is 11.3. The molecule has 0 radical (unpaired) electrons. The molecule has 3 heteroatoms. The molecule has 0 atom stereocenters. The molecule has 1 rings (SSSR count). The van der Waals surface area contributed by atoms with Crippen LogP contribution in [0.2, 0.25) is 0 Å². The second kappa shape index (κ2) is 4.81. The van der Waals surface area contributed by atoms with Crippen LogP contribution in [0, 0.1) is 5.92 Å². The molecule has 0 aliphatic heterocycles. The van der Waals surface area contributed by atoms with Gasteiger partial charge >= 0.3 is 0 Å². The first-order valence-corrected chi connectivity index (χ1v) is 7.61. The molecule has 0 unspecified atom stereocenters.